The summed E-state index contributed by atoms with van der Waals surface area (Å²) in [5.41, 5.74) is 1.32. The molecule has 0 aromatic carbocycles. The van der Waals surface area contributed by atoms with E-state index in [1.807, 2.05) is 17.9 Å². The average molecular weight is 278 g/mol. The molecule has 4 nitrogen and oxygen atoms in total. The fraction of sp³-hybridized carbons (Fsp3) is 0.812. The normalized spacial score (nSPS) is 24.8. The van der Waals surface area contributed by atoms with Crippen molar-refractivity contribution in [3.63, 3.8) is 0 Å². The first-order chi connectivity index (χ1) is 9.45. The highest BCUT2D eigenvalue weighted by Gasteiger charge is 2.30. The molecule has 2 rings (SSSR count). The maximum Gasteiger partial charge on any atom is 0.0534 e. The number of nitrogens with zero attached hydrogens (tertiary/aromatic N) is 3. The summed E-state index contributed by atoms with van der Waals surface area (Å²) in [4.78, 5) is 2.64. The van der Waals surface area contributed by atoms with Gasteiger partial charge < -0.3 is 5.32 Å². The molecule has 0 saturated carbocycles. The predicted octanol–water partition coefficient (Wildman–Crippen LogP) is 2.26. The Bertz CT molecular complexity index is 410. The second-order valence-corrected chi connectivity index (χ2v) is 7.00. The predicted molar refractivity (Wildman–Crippen MR) is 83.5 cm³/mol. The van der Waals surface area contributed by atoms with Gasteiger partial charge in [-0.15, -0.1) is 0 Å². The second-order valence-electron chi connectivity index (χ2n) is 7.00. The van der Waals surface area contributed by atoms with Gasteiger partial charge in [0.1, 0.15) is 0 Å². The number of rotatable bonds is 5. The summed E-state index contributed by atoms with van der Waals surface area (Å²) in [5, 5.41) is 8.03. The van der Waals surface area contributed by atoms with Crippen molar-refractivity contribution in [2.45, 2.75) is 52.7 Å². The fourth-order valence-electron chi connectivity index (χ4n) is 3.25. The molecular weight excluding hydrogens is 248 g/mol. The molecule has 20 heavy (non-hydrogen) atoms. The summed E-state index contributed by atoms with van der Waals surface area (Å²) in [5.74, 6) is 1.43. The topological polar surface area (TPSA) is 33.1 Å². The number of aryl methyl sites for hydroxylation is 1. The van der Waals surface area contributed by atoms with E-state index in [1.54, 1.807) is 0 Å². The van der Waals surface area contributed by atoms with Crippen LogP contribution in [0.2, 0.25) is 0 Å². The molecule has 1 aromatic heterocycles. The maximum absolute atomic E-state index is 4.29. The van der Waals surface area contributed by atoms with Crippen LogP contribution in [0.3, 0.4) is 0 Å². The van der Waals surface area contributed by atoms with Gasteiger partial charge in [0, 0.05) is 50.5 Å². The van der Waals surface area contributed by atoms with E-state index in [9.17, 15) is 0 Å². The Hall–Kier alpha value is -0.870. The molecule has 4 heteroatoms. The third kappa shape index (κ3) is 4.06. The summed E-state index contributed by atoms with van der Waals surface area (Å²) < 4.78 is 1.90. The molecule has 1 aliphatic heterocycles. The first-order valence-corrected chi connectivity index (χ1v) is 7.90. The van der Waals surface area contributed by atoms with E-state index in [0.717, 1.165) is 25.6 Å². The summed E-state index contributed by atoms with van der Waals surface area (Å²) in [6, 6.07) is 1.25. The summed E-state index contributed by atoms with van der Waals surface area (Å²) >= 11 is 0. The highest BCUT2D eigenvalue weighted by atomic mass is 15.3. The Morgan fingerprint density at radius 3 is 2.65 bits per heavy atom. The summed E-state index contributed by atoms with van der Waals surface area (Å²) in [6.45, 7) is 12.5. The Morgan fingerprint density at radius 2 is 2.10 bits per heavy atom. The van der Waals surface area contributed by atoms with Crippen molar-refractivity contribution in [2.24, 2.45) is 18.9 Å². The van der Waals surface area contributed by atoms with Crippen molar-refractivity contribution in [1.82, 2.24) is 20.0 Å². The van der Waals surface area contributed by atoms with Crippen LogP contribution in [0.1, 0.15) is 39.7 Å². The lowest BCUT2D eigenvalue weighted by Crippen LogP contribution is -2.58. The molecule has 1 N–H and O–H groups in total. The minimum absolute atomic E-state index is 0.624. The lowest BCUT2D eigenvalue weighted by Gasteiger charge is -2.42. The molecule has 0 bridgehead atoms. The van der Waals surface area contributed by atoms with Crippen molar-refractivity contribution in [3.05, 3.63) is 18.0 Å². The summed E-state index contributed by atoms with van der Waals surface area (Å²) in [7, 11) is 1.99. The largest absolute Gasteiger partial charge is 0.311 e. The number of hydrogen-bond acceptors (Lipinski definition) is 3. The van der Waals surface area contributed by atoms with Crippen LogP contribution >= 0.6 is 0 Å². The van der Waals surface area contributed by atoms with E-state index >= 15 is 0 Å². The van der Waals surface area contributed by atoms with Crippen LogP contribution in [0.5, 0.6) is 0 Å². The minimum Gasteiger partial charge on any atom is -0.311 e. The molecule has 0 radical (unpaired) electrons. The quantitative estimate of drug-likeness (QED) is 0.897. The first-order valence-electron chi connectivity index (χ1n) is 7.90. The molecule has 1 aliphatic rings. The van der Waals surface area contributed by atoms with Gasteiger partial charge >= 0.3 is 0 Å². The zero-order valence-electron chi connectivity index (χ0n) is 13.6. The van der Waals surface area contributed by atoms with Gasteiger partial charge in [-0.05, 0) is 18.3 Å². The lowest BCUT2D eigenvalue weighted by molar-refractivity contribution is 0.0852. The van der Waals surface area contributed by atoms with E-state index in [2.05, 4.69) is 49.2 Å². The van der Waals surface area contributed by atoms with Gasteiger partial charge in [0.2, 0.25) is 0 Å². The van der Waals surface area contributed by atoms with Crippen molar-refractivity contribution in [2.75, 3.05) is 13.1 Å². The number of piperazine rings is 1. The van der Waals surface area contributed by atoms with E-state index in [0.29, 0.717) is 18.0 Å². The van der Waals surface area contributed by atoms with Crippen molar-refractivity contribution in [3.8, 4) is 0 Å². The second kappa shape index (κ2) is 6.72. The van der Waals surface area contributed by atoms with Crippen molar-refractivity contribution < 1.29 is 0 Å². The Labute approximate surface area is 123 Å². The monoisotopic (exact) mass is 278 g/mol. The van der Waals surface area contributed by atoms with Crippen LogP contribution in [0.4, 0.5) is 0 Å². The molecule has 2 unspecified atom stereocenters. The zero-order chi connectivity index (χ0) is 14.7. The van der Waals surface area contributed by atoms with Crippen LogP contribution in [-0.4, -0.2) is 39.9 Å². The highest BCUT2D eigenvalue weighted by Crippen LogP contribution is 2.20. The van der Waals surface area contributed by atoms with Crippen molar-refractivity contribution in [1.29, 1.82) is 0 Å². The van der Waals surface area contributed by atoms with Gasteiger partial charge in [-0.2, -0.15) is 5.10 Å². The Morgan fingerprint density at radius 1 is 1.35 bits per heavy atom. The standard InChI is InChI=1S/C16H30N4/c1-12(2)6-15-11-20(16(8-17-15)13(3)4)10-14-7-18-19(5)9-14/h7,9,12-13,15-17H,6,8,10-11H2,1-5H3. The SMILES string of the molecule is CC(C)CC1CN(Cc2cnn(C)c2)C(C(C)C)CN1. The lowest BCUT2D eigenvalue weighted by atomic mass is 9.94. The van der Waals surface area contributed by atoms with Gasteiger partial charge in [-0.1, -0.05) is 27.7 Å². The minimum atomic E-state index is 0.624. The number of nitrogens with one attached hydrogen (secondary N) is 1. The van der Waals surface area contributed by atoms with Crippen LogP contribution < -0.4 is 5.32 Å². The Kier molecular flexibility index (Phi) is 5.22. The highest BCUT2D eigenvalue weighted by molar-refractivity contribution is 5.05. The molecule has 114 valence electrons. The summed E-state index contributed by atoms with van der Waals surface area (Å²) in [6.07, 6.45) is 5.39. The average Bonchev–Trinajstić information content (AvgIpc) is 2.73. The van der Waals surface area contributed by atoms with Gasteiger partial charge in [-0.25, -0.2) is 0 Å². The Balaban J connectivity index is 2.02. The van der Waals surface area contributed by atoms with E-state index in [4.69, 9.17) is 0 Å². The molecule has 0 spiro atoms. The molecule has 1 fully saturated rings. The maximum atomic E-state index is 4.29. The molecular formula is C16H30N4. The van der Waals surface area contributed by atoms with E-state index < -0.39 is 0 Å². The fourth-order valence-corrected chi connectivity index (χ4v) is 3.25. The van der Waals surface area contributed by atoms with E-state index in [1.165, 1.54) is 12.0 Å². The van der Waals surface area contributed by atoms with Crippen LogP contribution in [0.25, 0.3) is 0 Å². The molecule has 2 heterocycles. The zero-order valence-corrected chi connectivity index (χ0v) is 13.6. The van der Waals surface area contributed by atoms with Crippen molar-refractivity contribution >= 4 is 0 Å². The smallest absolute Gasteiger partial charge is 0.0534 e. The van der Waals surface area contributed by atoms with Crippen LogP contribution in [-0.2, 0) is 13.6 Å². The number of aromatic nitrogens is 2. The van der Waals surface area contributed by atoms with Gasteiger partial charge in [-0.3, -0.25) is 9.58 Å². The van der Waals surface area contributed by atoms with Crippen LogP contribution in [0.15, 0.2) is 12.4 Å². The molecule has 0 aliphatic carbocycles. The van der Waals surface area contributed by atoms with E-state index in [-0.39, 0.29) is 0 Å². The molecule has 1 saturated heterocycles. The van der Waals surface area contributed by atoms with Crippen LogP contribution in [0, 0.1) is 11.8 Å². The third-order valence-electron chi connectivity index (χ3n) is 4.21. The first kappa shape index (κ1) is 15.5. The van der Waals surface area contributed by atoms with Gasteiger partial charge in [0.15, 0.2) is 0 Å². The van der Waals surface area contributed by atoms with Gasteiger partial charge in [0.25, 0.3) is 0 Å². The molecule has 0 amide bonds. The molecule has 2 atom stereocenters. The third-order valence-corrected chi connectivity index (χ3v) is 4.21. The molecule has 1 aromatic rings. The van der Waals surface area contributed by atoms with Gasteiger partial charge in [0.05, 0.1) is 6.20 Å². The number of hydrogen-bond donors (Lipinski definition) is 1.